The number of rotatable bonds is 3. The monoisotopic (exact) mass is 220 g/mol. The van der Waals surface area contributed by atoms with E-state index in [-0.39, 0.29) is 5.92 Å². The second kappa shape index (κ2) is 4.66. The van der Waals surface area contributed by atoms with Gasteiger partial charge in [0.2, 0.25) is 0 Å². The Bertz CT molecular complexity index is 398. The molecule has 0 fully saturated rings. The maximum absolute atomic E-state index is 10.9. The van der Waals surface area contributed by atoms with Crippen LogP contribution in [-0.4, -0.2) is 18.2 Å². The molecule has 0 amide bonds. The molecule has 3 heteroatoms. The highest BCUT2D eigenvalue weighted by Crippen LogP contribution is 2.26. The Labute approximate surface area is 95.0 Å². The summed E-state index contributed by atoms with van der Waals surface area (Å²) in [7, 11) is 1.68. The molecule has 16 heavy (non-hydrogen) atoms. The lowest BCUT2D eigenvalue weighted by Gasteiger charge is -2.22. The molecule has 1 atom stereocenters. The number of carboxylic acid groups (broad SMARTS) is 1. The fourth-order valence-corrected chi connectivity index (χ4v) is 2.28. The molecule has 0 heterocycles. The van der Waals surface area contributed by atoms with Crippen LogP contribution in [0.3, 0.4) is 0 Å². The van der Waals surface area contributed by atoms with Gasteiger partial charge in [-0.2, -0.15) is 0 Å². The van der Waals surface area contributed by atoms with Crippen molar-refractivity contribution in [2.45, 2.75) is 25.9 Å². The number of aryl methyl sites for hydroxylation is 1. The first-order chi connectivity index (χ1) is 7.70. The van der Waals surface area contributed by atoms with Crippen LogP contribution in [0, 0.1) is 5.92 Å². The van der Waals surface area contributed by atoms with Gasteiger partial charge in [0.15, 0.2) is 0 Å². The molecule has 1 aliphatic rings. The molecule has 1 aromatic rings. The Morgan fingerprint density at radius 2 is 2.31 bits per heavy atom. The summed E-state index contributed by atoms with van der Waals surface area (Å²) in [5.74, 6) is -0.882. The Balaban J connectivity index is 2.18. The van der Waals surface area contributed by atoms with Crippen LogP contribution in [0.1, 0.15) is 23.1 Å². The van der Waals surface area contributed by atoms with Gasteiger partial charge in [0.05, 0.1) is 12.5 Å². The predicted molar refractivity (Wildman–Crippen MR) is 60.3 cm³/mol. The number of fused-ring (bicyclic) bond motifs is 1. The van der Waals surface area contributed by atoms with Gasteiger partial charge in [-0.25, -0.2) is 0 Å². The lowest BCUT2D eigenvalue weighted by Crippen LogP contribution is -2.22. The lowest BCUT2D eigenvalue weighted by atomic mass is 9.83. The number of carboxylic acids is 1. The molecule has 0 unspecified atom stereocenters. The van der Waals surface area contributed by atoms with Crippen molar-refractivity contribution >= 4 is 5.97 Å². The predicted octanol–water partition coefficient (Wildman–Crippen LogP) is 2.02. The SMILES string of the molecule is COCc1ccc2c(c1)CC[C@@H](C(=O)O)C2. The quantitative estimate of drug-likeness (QED) is 0.847. The molecule has 0 spiro atoms. The molecule has 0 aromatic heterocycles. The third kappa shape index (κ3) is 2.25. The molecule has 0 bridgehead atoms. The summed E-state index contributed by atoms with van der Waals surface area (Å²) in [4.78, 5) is 10.9. The first-order valence-corrected chi connectivity index (χ1v) is 5.53. The van der Waals surface area contributed by atoms with Gasteiger partial charge in [-0.05, 0) is 36.0 Å². The second-order valence-corrected chi connectivity index (χ2v) is 4.31. The molecule has 1 aromatic carbocycles. The molecule has 0 saturated heterocycles. The van der Waals surface area contributed by atoms with Crippen molar-refractivity contribution in [1.29, 1.82) is 0 Å². The van der Waals surface area contributed by atoms with E-state index >= 15 is 0 Å². The molecular formula is C13H16O3. The summed E-state index contributed by atoms with van der Waals surface area (Å²) in [6.45, 7) is 0.621. The summed E-state index contributed by atoms with van der Waals surface area (Å²) < 4.78 is 5.08. The second-order valence-electron chi connectivity index (χ2n) is 4.31. The normalized spacial score (nSPS) is 19.2. The van der Waals surface area contributed by atoms with Crippen molar-refractivity contribution in [1.82, 2.24) is 0 Å². The molecule has 2 rings (SSSR count). The zero-order valence-electron chi connectivity index (χ0n) is 9.40. The van der Waals surface area contributed by atoms with Gasteiger partial charge in [0.1, 0.15) is 0 Å². The van der Waals surface area contributed by atoms with Gasteiger partial charge in [-0.1, -0.05) is 18.2 Å². The fourth-order valence-electron chi connectivity index (χ4n) is 2.28. The number of benzene rings is 1. The molecule has 1 aliphatic carbocycles. The number of methoxy groups -OCH3 is 1. The van der Waals surface area contributed by atoms with Crippen LogP contribution >= 0.6 is 0 Å². The Morgan fingerprint density at radius 3 is 3.00 bits per heavy atom. The van der Waals surface area contributed by atoms with Crippen LogP contribution in [0.25, 0.3) is 0 Å². The number of hydrogen-bond acceptors (Lipinski definition) is 2. The van der Waals surface area contributed by atoms with E-state index in [1.165, 1.54) is 11.1 Å². The van der Waals surface area contributed by atoms with Crippen molar-refractivity contribution in [3.05, 3.63) is 34.9 Å². The van der Waals surface area contributed by atoms with Crippen molar-refractivity contribution in [2.24, 2.45) is 5.92 Å². The molecule has 0 saturated carbocycles. The average Bonchev–Trinajstić information content (AvgIpc) is 2.28. The molecule has 3 nitrogen and oxygen atoms in total. The smallest absolute Gasteiger partial charge is 0.306 e. The van der Waals surface area contributed by atoms with E-state index in [1.807, 2.05) is 12.1 Å². The highest BCUT2D eigenvalue weighted by molar-refractivity contribution is 5.71. The summed E-state index contributed by atoms with van der Waals surface area (Å²) in [6, 6.07) is 6.20. The number of carbonyl (C=O) groups is 1. The van der Waals surface area contributed by atoms with E-state index in [0.717, 1.165) is 18.4 Å². The van der Waals surface area contributed by atoms with E-state index in [9.17, 15) is 4.79 Å². The van der Waals surface area contributed by atoms with Crippen molar-refractivity contribution in [3.8, 4) is 0 Å². The van der Waals surface area contributed by atoms with E-state index in [1.54, 1.807) is 7.11 Å². The largest absolute Gasteiger partial charge is 0.481 e. The van der Waals surface area contributed by atoms with Crippen molar-refractivity contribution in [3.63, 3.8) is 0 Å². The van der Waals surface area contributed by atoms with Gasteiger partial charge in [-0.3, -0.25) is 4.79 Å². The van der Waals surface area contributed by atoms with E-state index in [4.69, 9.17) is 9.84 Å². The van der Waals surface area contributed by atoms with Crippen molar-refractivity contribution in [2.75, 3.05) is 7.11 Å². The molecule has 0 aliphatic heterocycles. The topological polar surface area (TPSA) is 46.5 Å². The van der Waals surface area contributed by atoms with Gasteiger partial charge in [-0.15, -0.1) is 0 Å². The van der Waals surface area contributed by atoms with Gasteiger partial charge >= 0.3 is 5.97 Å². The Kier molecular flexibility index (Phi) is 3.25. The third-order valence-electron chi connectivity index (χ3n) is 3.16. The summed E-state index contributed by atoms with van der Waals surface area (Å²) >= 11 is 0. The van der Waals surface area contributed by atoms with Crippen LogP contribution in [-0.2, 0) is 29.0 Å². The van der Waals surface area contributed by atoms with Gasteiger partial charge in [0.25, 0.3) is 0 Å². The third-order valence-corrected chi connectivity index (χ3v) is 3.16. The molecule has 86 valence electrons. The fraction of sp³-hybridized carbons (Fsp3) is 0.462. The maximum atomic E-state index is 10.9. The first kappa shape index (κ1) is 11.1. The van der Waals surface area contributed by atoms with Gasteiger partial charge in [0, 0.05) is 7.11 Å². The molecule has 0 radical (unpaired) electrons. The van der Waals surface area contributed by atoms with E-state index in [2.05, 4.69) is 6.07 Å². The van der Waals surface area contributed by atoms with Crippen LogP contribution in [0.15, 0.2) is 18.2 Å². The van der Waals surface area contributed by atoms with Gasteiger partial charge < -0.3 is 9.84 Å². The Hall–Kier alpha value is -1.35. The zero-order chi connectivity index (χ0) is 11.5. The molecule has 1 N–H and O–H groups in total. The van der Waals surface area contributed by atoms with E-state index in [0.29, 0.717) is 13.0 Å². The highest BCUT2D eigenvalue weighted by Gasteiger charge is 2.23. The Morgan fingerprint density at radius 1 is 1.50 bits per heavy atom. The number of aliphatic carboxylic acids is 1. The highest BCUT2D eigenvalue weighted by atomic mass is 16.5. The minimum absolute atomic E-state index is 0.208. The summed E-state index contributed by atoms with van der Waals surface area (Å²) in [6.07, 6.45) is 2.28. The lowest BCUT2D eigenvalue weighted by molar-refractivity contribution is -0.142. The summed E-state index contributed by atoms with van der Waals surface area (Å²) in [5.41, 5.74) is 3.63. The number of hydrogen-bond donors (Lipinski definition) is 1. The zero-order valence-corrected chi connectivity index (χ0v) is 9.40. The minimum atomic E-state index is -0.674. The van der Waals surface area contributed by atoms with Crippen LogP contribution in [0.4, 0.5) is 0 Å². The average molecular weight is 220 g/mol. The first-order valence-electron chi connectivity index (χ1n) is 5.53. The van der Waals surface area contributed by atoms with Crippen LogP contribution in [0.5, 0.6) is 0 Å². The van der Waals surface area contributed by atoms with E-state index < -0.39 is 5.97 Å². The van der Waals surface area contributed by atoms with Crippen LogP contribution in [0.2, 0.25) is 0 Å². The van der Waals surface area contributed by atoms with Crippen molar-refractivity contribution < 1.29 is 14.6 Å². The number of ether oxygens (including phenoxy) is 1. The van der Waals surface area contributed by atoms with Crippen LogP contribution < -0.4 is 0 Å². The molecular weight excluding hydrogens is 204 g/mol. The minimum Gasteiger partial charge on any atom is -0.481 e. The summed E-state index contributed by atoms with van der Waals surface area (Å²) in [5, 5.41) is 8.98. The standard InChI is InChI=1S/C13H16O3/c1-16-8-9-2-3-11-7-12(13(14)15)5-4-10(11)6-9/h2-3,6,12H,4-5,7-8H2,1H3,(H,14,15)/t12-/m1/s1. The maximum Gasteiger partial charge on any atom is 0.306 e.